The molecule has 1 heterocycles. The second-order valence-electron chi connectivity index (χ2n) is 4.46. The van der Waals surface area contributed by atoms with Crippen molar-refractivity contribution >= 4 is 17.2 Å². The summed E-state index contributed by atoms with van der Waals surface area (Å²) in [6.07, 6.45) is -0.0164. The van der Waals surface area contributed by atoms with E-state index in [0.717, 1.165) is 10.4 Å². The lowest BCUT2D eigenvalue weighted by atomic mass is 10.1. The summed E-state index contributed by atoms with van der Waals surface area (Å²) < 4.78 is 0. The zero-order valence-electron chi connectivity index (χ0n) is 10.8. The van der Waals surface area contributed by atoms with E-state index < -0.39 is 6.10 Å². The molecule has 2 N–H and O–H groups in total. The molecule has 0 spiro atoms. The second-order valence-corrected chi connectivity index (χ2v) is 5.75. The van der Waals surface area contributed by atoms with Crippen LogP contribution in [-0.4, -0.2) is 23.7 Å². The molecular weight excluding hydrogens is 258 g/mol. The van der Waals surface area contributed by atoms with Crippen LogP contribution in [0.5, 0.6) is 0 Å². The van der Waals surface area contributed by atoms with Crippen molar-refractivity contribution in [2.24, 2.45) is 0 Å². The number of carbonyl (C=O) groups is 1. The molecule has 1 aromatic heterocycles. The number of aliphatic hydroxyl groups excluding tert-OH is 1. The molecule has 0 aliphatic rings. The lowest BCUT2D eigenvalue weighted by molar-refractivity contribution is 0.0920. The van der Waals surface area contributed by atoms with Crippen molar-refractivity contribution in [1.82, 2.24) is 5.32 Å². The van der Waals surface area contributed by atoms with E-state index in [0.29, 0.717) is 11.3 Å². The van der Waals surface area contributed by atoms with E-state index in [2.05, 4.69) is 5.32 Å². The highest BCUT2D eigenvalue weighted by molar-refractivity contribution is 7.13. The number of carbonyl (C=O) groups excluding carboxylic acids is 1. The standard InChI is InChI=1S/C15H17NO2S/c1-11-7-8-14(19-11)15(18)16-10-13(17)9-12-5-3-2-4-6-12/h2-8,13,17H,9-10H2,1H3,(H,16,18). The minimum Gasteiger partial charge on any atom is -0.391 e. The van der Waals surface area contributed by atoms with Crippen molar-refractivity contribution in [3.8, 4) is 0 Å². The van der Waals surface area contributed by atoms with Gasteiger partial charge >= 0.3 is 0 Å². The Morgan fingerprint density at radius 1 is 1.26 bits per heavy atom. The van der Waals surface area contributed by atoms with Crippen molar-refractivity contribution in [3.05, 3.63) is 57.8 Å². The molecule has 1 atom stereocenters. The van der Waals surface area contributed by atoms with Crippen LogP contribution in [0.25, 0.3) is 0 Å². The first-order chi connectivity index (χ1) is 9.15. The minimum atomic E-state index is -0.563. The molecule has 0 saturated heterocycles. The van der Waals surface area contributed by atoms with Gasteiger partial charge in [-0.15, -0.1) is 11.3 Å². The average Bonchev–Trinajstić information content (AvgIpc) is 2.84. The summed E-state index contributed by atoms with van der Waals surface area (Å²) in [5.74, 6) is -0.120. The highest BCUT2D eigenvalue weighted by Crippen LogP contribution is 2.14. The number of hydrogen-bond donors (Lipinski definition) is 2. The number of rotatable bonds is 5. The third-order valence-corrected chi connectivity index (χ3v) is 3.78. The summed E-state index contributed by atoms with van der Waals surface area (Å²) >= 11 is 1.46. The Morgan fingerprint density at radius 3 is 2.63 bits per heavy atom. The molecule has 1 amide bonds. The predicted octanol–water partition coefficient (Wildman–Crippen LogP) is 2.39. The first kappa shape index (κ1) is 13.8. The fourth-order valence-corrected chi connectivity index (χ4v) is 2.60. The number of nitrogens with one attached hydrogen (secondary N) is 1. The molecule has 1 unspecified atom stereocenters. The molecule has 0 bridgehead atoms. The maximum Gasteiger partial charge on any atom is 0.261 e. The van der Waals surface area contributed by atoms with Gasteiger partial charge in [-0.25, -0.2) is 0 Å². The Labute approximate surface area is 116 Å². The topological polar surface area (TPSA) is 49.3 Å². The van der Waals surface area contributed by atoms with E-state index in [9.17, 15) is 9.90 Å². The molecule has 0 saturated carbocycles. The van der Waals surface area contributed by atoms with Crippen molar-refractivity contribution in [2.45, 2.75) is 19.4 Å². The Hall–Kier alpha value is -1.65. The van der Waals surface area contributed by atoms with Crippen LogP contribution in [0.1, 0.15) is 20.1 Å². The molecule has 0 aliphatic carbocycles. The monoisotopic (exact) mass is 275 g/mol. The normalized spacial score (nSPS) is 12.1. The summed E-state index contributed by atoms with van der Waals surface area (Å²) in [5, 5.41) is 12.6. The first-order valence-corrected chi connectivity index (χ1v) is 7.03. The van der Waals surface area contributed by atoms with Gasteiger partial charge < -0.3 is 10.4 Å². The highest BCUT2D eigenvalue weighted by Gasteiger charge is 2.10. The molecular formula is C15H17NO2S. The van der Waals surface area contributed by atoms with Gasteiger partial charge in [0.2, 0.25) is 0 Å². The van der Waals surface area contributed by atoms with Crippen LogP contribution in [0.15, 0.2) is 42.5 Å². The lowest BCUT2D eigenvalue weighted by Gasteiger charge is -2.11. The van der Waals surface area contributed by atoms with E-state index in [1.165, 1.54) is 11.3 Å². The Balaban J connectivity index is 1.80. The van der Waals surface area contributed by atoms with Crippen LogP contribution in [0, 0.1) is 6.92 Å². The molecule has 4 heteroatoms. The molecule has 100 valence electrons. The fraction of sp³-hybridized carbons (Fsp3) is 0.267. The summed E-state index contributed by atoms with van der Waals surface area (Å²) in [6, 6.07) is 13.5. The molecule has 0 fully saturated rings. The Bertz CT molecular complexity index is 536. The Morgan fingerprint density at radius 2 is 2.00 bits per heavy atom. The van der Waals surface area contributed by atoms with Gasteiger partial charge in [0, 0.05) is 17.8 Å². The van der Waals surface area contributed by atoms with Crippen molar-refractivity contribution < 1.29 is 9.90 Å². The van der Waals surface area contributed by atoms with Crippen LogP contribution >= 0.6 is 11.3 Å². The van der Waals surface area contributed by atoms with E-state index >= 15 is 0 Å². The summed E-state index contributed by atoms with van der Waals surface area (Å²) in [6.45, 7) is 2.23. The van der Waals surface area contributed by atoms with E-state index in [1.807, 2.05) is 43.3 Å². The molecule has 19 heavy (non-hydrogen) atoms. The smallest absolute Gasteiger partial charge is 0.261 e. The predicted molar refractivity (Wildman–Crippen MR) is 77.5 cm³/mol. The molecule has 2 rings (SSSR count). The van der Waals surface area contributed by atoms with Gasteiger partial charge in [-0.1, -0.05) is 30.3 Å². The lowest BCUT2D eigenvalue weighted by Crippen LogP contribution is -2.32. The van der Waals surface area contributed by atoms with Gasteiger partial charge in [-0.3, -0.25) is 4.79 Å². The van der Waals surface area contributed by atoms with Crippen molar-refractivity contribution in [3.63, 3.8) is 0 Å². The maximum absolute atomic E-state index is 11.8. The molecule has 2 aromatic rings. The van der Waals surface area contributed by atoms with Crippen LogP contribution < -0.4 is 5.32 Å². The number of aryl methyl sites for hydroxylation is 1. The third kappa shape index (κ3) is 4.19. The third-order valence-electron chi connectivity index (χ3n) is 2.78. The largest absolute Gasteiger partial charge is 0.391 e. The SMILES string of the molecule is Cc1ccc(C(=O)NCC(O)Cc2ccccc2)s1. The maximum atomic E-state index is 11.8. The van der Waals surface area contributed by atoms with E-state index in [-0.39, 0.29) is 12.5 Å². The van der Waals surface area contributed by atoms with Gasteiger partial charge in [-0.2, -0.15) is 0 Å². The van der Waals surface area contributed by atoms with E-state index in [1.54, 1.807) is 6.07 Å². The van der Waals surface area contributed by atoms with E-state index in [4.69, 9.17) is 0 Å². The molecule has 0 radical (unpaired) electrons. The van der Waals surface area contributed by atoms with Gasteiger partial charge in [0.05, 0.1) is 11.0 Å². The summed E-state index contributed by atoms with van der Waals surface area (Å²) in [5.41, 5.74) is 1.07. The zero-order valence-corrected chi connectivity index (χ0v) is 11.6. The van der Waals surface area contributed by atoms with Gasteiger partial charge in [0.15, 0.2) is 0 Å². The van der Waals surface area contributed by atoms with Gasteiger partial charge in [0.1, 0.15) is 0 Å². The van der Waals surface area contributed by atoms with Gasteiger partial charge in [0.25, 0.3) is 5.91 Å². The molecule has 3 nitrogen and oxygen atoms in total. The number of benzene rings is 1. The fourth-order valence-electron chi connectivity index (χ4n) is 1.81. The van der Waals surface area contributed by atoms with Crippen LogP contribution in [-0.2, 0) is 6.42 Å². The van der Waals surface area contributed by atoms with Crippen LogP contribution in [0.3, 0.4) is 0 Å². The Kier molecular flexibility index (Phi) is 4.71. The second kappa shape index (κ2) is 6.50. The summed E-state index contributed by atoms with van der Waals surface area (Å²) in [7, 11) is 0. The van der Waals surface area contributed by atoms with Gasteiger partial charge in [-0.05, 0) is 24.6 Å². The zero-order chi connectivity index (χ0) is 13.7. The van der Waals surface area contributed by atoms with Crippen molar-refractivity contribution in [2.75, 3.05) is 6.54 Å². The highest BCUT2D eigenvalue weighted by atomic mass is 32.1. The quantitative estimate of drug-likeness (QED) is 0.880. The average molecular weight is 275 g/mol. The first-order valence-electron chi connectivity index (χ1n) is 6.22. The number of aliphatic hydroxyl groups is 1. The number of thiophene rings is 1. The molecule has 1 aromatic carbocycles. The van der Waals surface area contributed by atoms with Crippen LogP contribution in [0.4, 0.5) is 0 Å². The summed E-state index contributed by atoms with van der Waals surface area (Å²) in [4.78, 5) is 13.6. The minimum absolute atomic E-state index is 0.120. The molecule has 0 aliphatic heterocycles. The van der Waals surface area contributed by atoms with Crippen molar-refractivity contribution in [1.29, 1.82) is 0 Å². The number of amides is 1. The number of hydrogen-bond acceptors (Lipinski definition) is 3. The van der Waals surface area contributed by atoms with Crippen LogP contribution in [0.2, 0.25) is 0 Å².